The molecular formula is C30H42N4O6. The van der Waals surface area contributed by atoms with Gasteiger partial charge < -0.3 is 20.9 Å². The Morgan fingerprint density at radius 1 is 0.950 bits per heavy atom. The number of carbonyl (C=O) groups excluding carboxylic acids is 6. The first-order valence-electron chi connectivity index (χ1n) is 14.4. The zero-order chi connectivity index (χ0) is 29.3. The topological polar surface area (TPSA) is 142 Å². The molecule has 0 saturated carbocycles. The van der Waals surface area contributed by atoms with Crippen LogP contribution in [-0.2, 0) is 35.2 Å². The predicted molar refractivity (Wildman–Crippen MR) is 149 cm³/mol. The second kappa shape index (κ2) is 14.2. The van der Waals surface area contributed by atoms with E-state index in [0.29, 0.717) is 38.6 Å². The summed E-state index contributed by atoms with van der Waals surface area (Å²) in [4.78, 5) is 78.8. The first kappa shape index (κ1) is 31.0. The molecular weight excluding hydrogens is 512 g/mol. The van der Waals surface area contributed by atoms with E-state index in [2.05, 4.69) is 16.0 Å². The molecule has 3 N–H and O–H groups in total. The molecule has 1 aromatic rings. The van der Waals surface area contributed by atoms with Crippen LogP contribution in [0.1, 0.15) is 84.1 Å². The van der Waals surface area contributed by atoms with Crippen LogP contribution in [0, 0.1) is 0 Å². The molecule has 4 amide bonds. The maximum Gasteiger partial charge on any atom is 0.246 e. The van der Waals surface area contributed by atoms with Crippen molar-refractivity contribution in [3.8, 4) is 0 Å². The van der Waals surface area contributed by atoms with Crippen molar-refractivity contribution in [3.05, 3.63) is 35.9 Å². The zero-order valence-corrected chi connectivity index (χ0v) is 23.8. The van der Waals surface area contributed by atoms with Crippen molar-refractivity contribution in [2.45, 2.75) is 109 Å². The van der Waals surface area contributed by atoms with Crippen LogP contribution >= 0.6 is 0 Å². The van der Waals surface area contributed by atoms with Crippen LogP contribution in [0.5, 0.6) is 0 Å². The second-order valence-corrected chi connectivity index (χ2v) is 11.1. The van der Waals surface area contributed by atoms with Crippen molar-refractivity contribution in [3.63, 3.8) is 0 Å². The van der Waals surface area contributed by atoms with Gasteiger partial charge in [0, 0.05) is 26.3 Å². The summed E-state index contributed by atoms with van der Waals surface area (Å²) >= 11 is 0. The lowest BCUT2D eigenvalue weighted by Crippen LogP contribution is -2.66. The standard InChI is InChI=1S/C30H42N4O6/c1-4-30(3)29(40)32-23(19-21-13-7-5-8-14-21)28(39)34-18-12-11-16-24(34)27(38)31-22(26(37)33-30)15-9-6-10-17-25(36)20(2)35/h5,7-8,13-14,22-24H,4,6,9-12,15-19H2,1-3H3,(H,31,38)(H,32,40)(H,33,37)/t22-,23-,24+,30-/m0/s1. The molecule has 0 radical (unpaired) electrons. The monoisotopic (exact) mass is 554 g/mol. The van der Waals surface area contributed by atoms with E-state index in [0.717, 1.165) is 18.4 Å². The van der Waals surface area contributed by atoms with Gasteiger partial charge in [-0.05, 0) is 51.0 Å². The van der Waals surface area contributed by atoms with Gasteiger partial charge in [-0.25, -0.2) is 0 Å². The van der Waals surface area contributed by atoms with Crippen LogP contribution in [0.4, 0.5) is 0 Å². The Bertz CT molecular complexity index is 1110. The lowest BCUT2D eigenvalue weighted by molar-refractivity contribution is -0.147. The van der Waals surface area contributed by atoms with Gasteiger partial charge in [-0.15, -0.1) is 0 Å². The molecule has 0 aliphatic carbocycles. The minimum Gasteiger partial charge on any atom is -0.343 e. The summed E-state index contributed by atoms with van der Waals surface area (Å²) in [5.74, 6) is -2.52. The molecule has 40 heavy (non-hydrogen) atoms. The van der Waals surface area contributed by atoms with E-state index in [1.807, 2.05) is 30.3 Å². The summed E-state index contributed by atoms with van der Waals surface area (Å²) in [6.07, 6.45) is 4.60. The summed E-state index contributed by atoms with van der Waals surface area (Å²) in [6, 6.07) is 6.85. The number of nitrogens with zero attached hydrogens (tertiary/aromatic N) is 1. The fourth-order valence-electron chi connectivity index (χ4n) is 5.22. The number of fused-ring (bicyclic) bond motifs is 1. The highest BCUT2D eigenvalue weighted by Crippen LogP contribution is 2.22. The molecule has 0 spiro atoms. The van der Waals surface area contributed by atoms with Crippen LogP contribution in [0.3, 0.4) is 0 Å². The Balaban J connectivity index is 1.85. The van der Waals surface area contributed by atoms with E-state index in [-0.39, 0.29) is 31.1 Å². The first-order chi connectivity index (χ1) is 19.1. The SMILES string of the molecule is CC[C@]1(C)NC(=O)[C@H](CCCCCC(=O)C(C)=O)NC(=O)[C@H]2CCCCN2C(=O)[C@H](Cc2ccccc2)NC1=O. The van der Waals surface area contributed by atoms with Crippen LogP contribution < -0.4 is 16.0 Å². The summed E-state index contributed by atoms with van der Waals surface area (Å²) in [5, 5.41) is 8.60. The van der Waals surface area contributed by atoms with E-state index in [1.165, 1.54) is 6.92 Å². The Morgan fingerprint density at radius 2 is 1.68 bits per heavy atom. The van der Waals surface area contributed by atoms with E-state index in [4.69, 9.17) is 0 Å². The number of carbonyl (C=O) groups is 6. The van der Waals surface area contributed by atoms with E-state index in [9.17, 15) is 28.8 Å². The molecule has 2 aliphatic rings. The Hall–Kier alpha value is -3.56. The van der Waals surface area contributed by atoms with Crippen molar-refractivity contribution >= 4 is 35.2 Å². The molecule has 10 nitrogen and oxygen atoms in total. The van der Waals surface area contributed by atoms with Gasteiger partial charge in [0.2, 0.25) is 23.6 Å². The van der Waals surface area contributed by atoms with Crippen molar-refractivity contribution in [2.75, 3.05) is 6.54 Å². The van der Waals surface area contributed by atoms with Gasteiger partial charge in [0.05, 0.1) is 0 Å². The van der Waals surface area contributed by atoms with E-state index >= 15 is 0 Å². The lowest BCUT2D eigenvalue weighted by Gasteiger charge is -2.40. The fraction of sp³-hybridized carbons (Fsp3) is 0.600. The number of ketones is 2. The number of hydrogen-bond acceptors (Lipinski definition) is 6. The number of unbranched alkanes of at least 4 members (excludes halogenated alkanes) is 2. The average molecular weight is 555 g/mol. The maximum atomic E-state index is 13.9. The molecule has 2 saturated heterocycles. The highest BCUT2D eigenvalue weighted by Gasteiger charge is 2.42. The minimum absolute atomic E-state index is 0.149. The average Bonchev–Trinajstić information content (AvgIpc) is 2.95. The van der Waals surface area contributed by atoms with Gasteiger partial charge in [-0.3, -0.25) is 28.8 Å². The van der Waals surface area contributed by atoms with Gasteiger partial charge in [0.25, 0.3) is 0 Å². The molecule has 0 aromatic heterocycles. The third-order valence-electron chi connectivity index (χ3n) is 8.00. The number of hydrogen-bond donors (Lipinski definition) is 3. The van der Waals surface area contributed by atoms with Crippen LogP contribution in [0.25, 0.3) is 0 Å². The number of Topliss-reactive ketones (excluding diaryl/α,β-unsaturated/α-hetero) is 2. The molecule has 1 aromatic carbocycles. The minimum atomic E-state index is -1.30. The summed E-state index contributed by atoms with van der Waals surface area (Å²) in [7, 11) is 0. The van der Waals surface area contributed by atoms with E-state index < -0.39 is 47.0 Å². The van der Waals surface area contributed by atoms with Gasteiger partial charge in [-0.1, -0.05) is 50.1 Å². The molecule has 3 rings (SSSR count). The number of nitrogens with one attached hydrogen (secondary N) is 3. The molecule has 4 atom stereocenters. The molecule has 0 bridgehead atoms. The van der Waals surface area contributed by atoms with Crippen molar-refractivity contribution in [2.24, 2.45) is 0 Å². The Labute approximate surface area is 236 Å². The summed E-state index contributed by atoms with van der Waals surface area (Å²) in [5.41, 5.74) is -0.428. The van der Waals surface area contributed by atoms with Crippen LogP contribution in [0.2, 0.25) is 0 Å². The van der Waals surface area contributed by atoms with Gasteiger partial charge in [-0.2, -0.15) is 0 Å². The molecule has 2 aliphatic heterocycles. The molecule has 10 heteroatoms. The number of piperidine rings is 1. The molecule has 2 heterocycles. The first-order valence-corrected chi connectivity index (χ1v) is 14.4. The Kier molecular flexibility index (Phi) is 11.0. The van der Waals surface area contributed by atoms with Crippen molar-refractivity contribution < 1.29 is 28.8 Å². The molecule has 0 unspecified atom stereocenters. The van der Waals surface area contributed by atoms with Gasteiger partial charge in [0.1, 0.15) is 23.7 Å². The highest BCUT2D eigenvalue weighted by atomic mass is 16.2. The lowest BCUT2D eigenvalue weighted by atomic mass is 9.93. The van der Waals surface area contributed by atoms with Crippen LogP contribution in [-0.4, -0.2) is 70.3 Å². The Morgan fingerprint density at radius 3 is 2.35 bits per heavy atom. The van der Waals surface area contributed by atoms with Gasteiger partial charge in [0.15, 0.2) is 11.6 Å². The number of benzene rings is 1. The predicted octanol–water partition coefficient (Wildman–Crippen LogP) is 1.99. The van der Waals surface area contributed by atoms with Crippen molar-refractivity contribution in [1.82, 2.24) is 20.9 Å². The largest absolute Gasteiger partial charge is 0.343 e. The third kappa shape index (κ3) is 7.99. The fourth-order valence-corrected chi connectivity index (χ4v) is 5.22. The quantitative estimate of drug-likeness (QED) is 0.298. The number of rotatable bonds is 10. The zero-order valence-electron chi connectivity index (χ0n) is 23.8. The second-order valence-electron chi connectivity index (χ2n) is 11.1. The van der Waals surface area contributed by atoms with Gasteiger partial charge >= 0.3 is 0 Å². The smallest absolute Gasteiger partial charge is 0.246 e. The number of amides is 4. The third-order valence-corrected chi connectivity index (χ3v) is 8.00. The van der Waals surface area contributed by atoms with Crippen LogP contribution in [0.15, 0.2) is 30.3 Å². The summed E-state index contributed by atoms with van der Waals surface area (Å²) in [6.45, 7) is 5.04. The molecule has 2 fully saturated rings. The van der Waals surface area contributed by atoms with Crippen molar-refractivity contribution in [1.29, 1.82) is 0 Å². The maximum absolute atomic E-state index is 13.9. The highest BCUT2D eigenvalue weighted by molar-refractivity contribution is 6.36. The van der Waals surface area contributed by atoms with E-state index in [1.54, 1.807) is 18.7 Å². The molecule has 218 valence electrons. The summed E-state index contributed by atoms with van der Waals surface area (Å²) < 4.78 is 0. The normalized spacial score (nSPS) is 26.0.